The van der Waals surface area contributed by atoms with Crippen LogP contribution in [0.3, 0.4) is 0 Å². The molecule has 2 heterocycles. The molecule has 17 heavy (non-hydrogen) atoms. The highest BCUT2D eigenvalue weighted by atomic mass is 32.2. The molecule has 1 N–H and O–H groups in total. The van der Waals surface area contributed by atoms with E-state index in [0.717, 1.165) is 50.0 Å². The smallest absolute Gasteiger partial charge is 0.222 e. The van der Waals surface area contributed by atoms with Gasteiger partial charge in [-0.25, -0.2) is 0 Å². The van der Waals surface area contributed by atoms with Gasteiger partial charge >= 0.3 is 0 Å². The van der Waals surface area contributed by atoms with E-state index in [1.165, 1.54) is 12.8 Å². The molecule has 0 bridgehead atoms. The molecule has 2 aliphatic rings. The van der Waals surface area contributed by atoms with Crippen LogP contribution >= 0.6 is 11.8 Å². The highest BCUT2D eigenvalue weighted by molar-refractivity contribution is 7.99. The molecule has 98 valence electrons. The van der Waals surface area contributed by atoms with Gasteiger partial charge in [-0.05, 0) is 37.8 Å². The Kier molecular flexibility index (Phi) is 5.16. The summed E-state index contributed by atoms with van der Waals surface area (Å²) in [7, 11) is 0. The number of piperidine rings is 1. The highest BCUT2D eigenvalue weighted by Gasteiger charge is 2.24. The second kappa shape index (κ2) is 6.64. The van der Waals surface area contributed by atoms with Gasteiger partial charge in [-0.1, -0.05) is 6.92 Å². The first-order chi connectivity index (χ1) is 8.27. The van der Waals surface area contributed by atoms with Crippen molar-refractivity contribution in [2.45, 2.75) is 26.2 Å². The van der Waals surface area contributed by atoms with Gasteiger partial charge in [0, 0.05) is 31.0 Å². The molecule has 0 aromatic heterocycles. The van der Waals surface area contributed by atoms with Crippen molar-refractivity contribution in [3.63, 3.8) is 0 Å². The number of rotatable bonds is 3. The van der Waals surface area contributed by atoms with Gasteiger partial charge in [0.05, 0.1) is 0 Å². The lowest BCUT2D eigenvalue weighted by molar-refractivity contribution is -0.132. The second-order valence-corrected chi connectivity index (χ2v) is 6.49. The van der Waals surface area contributed by atoms with Crippen LogP contribution in [0, 0.1) is 11.8 Å². The lowest BCUT2D eigenvalue weighted by atomic mass is 9.84. The second-order valence-electron chi connectivity index (χ2n) is 5.26. The fraction of sp³-hybridized carbons (Fsp3) is 0.923. The molecule has 0 aromatic rings. The van der Waals surface area contributed by atoms with Crippen molar-refractivity contribution in [2.75, 3.05) is 37.7 Å². The van der Waals surface area contributed by atoms with Crippen LogP contribution in [0.25, 0.3) is 0 Å². The maximum absolute atomic E-state index is 12.2. The number of carbonyl (C=O) groups excluding carboxylic acids is 1. The van der Waals surface area contributed by atoms with Gasteiger partial charge < -0.3 is 10.2 Å². The molecule has 1 atom stereocenters. The van der Waals surface area contributed by atoms with Crippen LogP contribution in [0.15, 0.2) is 0 Å². The largest absolute Gasteiger partial charge is 0.341 e. The number of amides is 1. The van der Waals surface area contributed by atoms with Gasteiger partial charge in [-0.15, -0.1) is 0 Å². The van der Waals surface area contributed by atoms with E-state index in [9.17, 15) is 4.79 Å². The van der Waals surface area contributed by atoms with Gasteiger partial charge in [-0.2, -0.15) is 11.8 Å². The maximum Gasteiger partial charge on any atom is 0.222 e. The molecule has 2 fully saturated rings. The zero-order valence-electron chi connectivity index (χ0n) is 10.8. The first-order valence-corrected chi connectivity index (χ1v) is 7.99. The van der Waals surface area contributed by atoms with Gasteiger partial charge in [-0.3, -0.25) is 4.79 Å². The molecular weight excluding hydrogens is 232 g/mol. The first kappa shape index (κ1) is 13.2. The van der Waals surface area contributed by atoms with Crippen molar-refractivity contribution >= 4 is 17.7 Å². The normalized spacial score (nSPS) is 24.6. The average Bonchev–Trinajstić information content (AvgIpc) is 2.40. The summed E-state index contributed by atoms with van der Waals surface area (Å²) in [5.74, 6) is 3.93. The zero-order valence-corrected chi connectivity index (χ0v) is 11.6. The van der Waals surface area contributed by atoms with Crippen LogP contribution < -0.4 is 5.32 Å². The predicted molar refractivity (Wildman–Crippen MR) is 73.3 cm³/mol. The Morgan fingerprint density at radius 2 is 2.00 bits per heavy atom. The van der Waals surface area contributed by atoms with E-state index in [4.69, 9.17) is 0 Å². The number of hydrogen-bond acceptors (Lipinski definition) is 3. The zero-order chi connectivity index (χ0) is 12.1. The van der Waals surface area contributed by atoms with Crippen LogP contribution in [0.4, 0.5) is 0 Å². The Labute approximate surface area is 109 Å². The molecule has 4 heteroatoms. The fourth-order valence-corrected chi connectivity index (χ4v) is 3.70. The molecule has 0 spiro atoms. The minimum absolute atomic E-state index is 0.385. The van der Waals surface area contributed by atoms with E-state index in [1.54, 1.807) is 0 Å². The van der Waals surface area contributed by atoms with Crippen molar-refractivity contribution in [3.05, 3.63) is 0 Å². The lowest BCUT2D eigenvalue weighted by Gasteiger charge is -2.31. The van der Waals surface area contributed by atoms with E-state index >= 15 is 0 Å². The molecule has 2 rings (SSSR count). The molecule has 0 saturated carbocycles. The number of thioether (sulfide) groups is 1. The van der Waals surface area contributed by atoms with Gasteiger partial charge in [0.2, 0.25) is 5.91 Å². The summed E-state index contributed by atoms with van der Waals surface area (Å²) in [6, 6.07) is 0. The van der Waals surface area contributed by atoms with Gasteiger partial charge in [0.25, 0.3) is 0 Å². The van der Waals surface area contributed by atoms with Gasteiger partial charge in [0.15, 0.2) is 0 Å². The Bertz CT molecular complexity index is 248. The highest BCUT2D eigenvalue weighted by Crippen LogP contribution is 2.25. The molecule has 3 nitrogen and oxygen atoms in total. The first-order valence-electron chi connectivity index (χ1n) is 6.83. The summed E-state index contributed by atoms with van der Waals surface area (Å²) in [6.45, 7) is 6.44. The SMILES string of the molecule is CC(CC(=O)N1CCSCC1)C1CCNCC1. The molecule has 1 unspecified atom stereocenters. The third-order valence-electron chi connectivity index (χ3n) is 4.05. The third-order valence-corrected chi connectivity index (χ3v) is 4.99. The van der Waals surface area contributed by atoms with Crippen LogP contribution in [0.5, 0.6) is 0 Å². The summed E-state index contributed by atoms with van der Waals surface area (Å²) in [5.41, 5.74) is 0. The molecule has 0 aromatic carbocycles. The molecule has 2 aliphatic heterocycles. The fourth-order valence-electron chi connectivity index (χ4n) is 2.80. The van der Waals surface area contributed by atoms with Crippen LogP contribution in [-0.4, -0.2) is 48.5 Å². The molecule has 1 amide bonds. The van der Waals surface area contributed by atoms with Crippen molar-refractivity contribution in [1.82, 2.24) is 10.2 Å². The monoisotopic (exact) mass is 256 g/mol. The summed E-state index contributed by atoms with van der Waals surface area (Å²) in [4.78, 5) is 14.2. The Balaban J connectivity index is 1.76. The van der Waals surface area contributed by atoms with Crippen molar-refractivity contribution < 1.29 is 4.79 Å². The van der Waals surface area contributed by atoms with Gasteiger partial charge in [0.1, 0.15) is 0 Å². The van der Waals surface area contributed by atoms with Crippen molar-refractivity contribution in [3.8, 4) is 0 Å². The van der Waals surface area contributed by atoms with E-state index in [-0.39, 0.29) is 0 Å². The van der Waals surface area contributed by atoms with E-state index in [2.05, 4.69) is 17.1 Å². The minimum atomic E-state index is 0.385. The Hall–Kier alpha value is -0.220. The summed E-state index contributed by atoms with van der Waals surface area (Å²) >= 11 is 1.96. The number of carbonyl (C=O) groups is 1. The molecule has 2 saturated heterocycles. The standard InChI is InChI=1S/C13H24N2OS/c1-11(12-2-4-14-5-3-12)10-13(16)15-6-8-17-9-7-15/h11-12,14H,2-10H2,1H3. The maximum atomic E-state index is 12.2. The summed E-state index contributed by atoms with van der Waals surface area (Å²) < 4.78 is 0. The predicted octanol–water partition coefficient (Wildman–Crippen LogP) is 1.59. The van der Waals surface area contributed by atoms with Crippen LogP contribution in [0.1, 0.15) is 26.2 Å². The molecular formula is C13H24N2OS. The molecule has 0 radical (unpaired) electrons. The summed E-state index contributed by atoms with van der Waals surface area (Å²) in [6.07, 6.45) is 3.24. The number of nitrogens with one attached hydrogen (secondary N) is 1. The molecule has 0 aliphatic carbocycles. The van der Waals surface area contributed by atoms with E-state index < -0.39 is 0 Å². The van der Waals surface area contributed by atoms with Crippen LogP contribution in [0.2, 0.25) is 0 Å². The Morgan fingerprint density at radius 3 is 2.65 bits per heavy atom. The van der Waals surface area contributed by atoms with Crippen molar-refractivity contribution in [1.29, 1.82) is 0 Å². The average molecular weight is 256 g/mol. The van der Waals surface area contributed by atoms with Crippen LogP contribution in [-0.2, 0) is 4.79 Å². The summed E-state index contributed by atoms with van der Waals surface area (Å²) in [5, 5.41) is 3.39. The number of nitrogens with zero attached hydrogens (tertiary/aromatic N) is 1. The minimum Gasteiger partial charge on any atom is -0.341 e. The van der Waals surface area contributed by atoms with Crippen molar-refractivity contribution in [2.24, 2.45) is 11.8 Å². The lowest BCUT2D eigenvalue weighted by Crippen LogP contribution is -2.40. The topological polar surface area (TPSA) is 32.3 Å². The quantitative estimate of drug-likeness (QED) is 0.832. The Morgan fingerprint density at radius 1 is 1.35 bits per heavy atom. The van der Waals surface area contributed by atoms with E-state index in [0.29, 0.717) is 11.8 Å². The number of hydrogen-bond donors (Lipinski definition) is 1. The van der Waals surface area contributed by atoms with E-state index in [1.807, 2.05) is 11.8 Å². The third kappa shape index (κ3) is 3.88.